The van der Waals surface area contributed by atoms with E-state index in [2.05, 4.69) is 4.98 Å². The summed E-state index contributed by atoms with van der Waals surface area (Å²) in [5.41, 5.74) is -0.0502. The summed E-state index contributed by atoms with van der Waals surface area (Å²) in [5.74, 6) is -0.849. The molecular weight excluding hydrogens is 285 g/mol. The Bertz CT molecular complexity index is 638. The Labute approximate surface area is 118 Å². The van der Waals surface area contributed by atoms with E-state index in [1.54, 1.807) is 30.3 Å². The lowest BCUT2D eigenvalue weighted by Crippen LogP contribution is -2.41. The third-order valence-electron chi connectivity index (χ3n) is 2.90. The van der Waals surface area contributed by atoms with Gasteiger partial charge in [0.05, 0.1) is 6.61 Å². The largest absolute Gasteiger partial charge is 0.406 e. The summed E-state index contributed by atoms with van der Waals surface area (Å²) in [6, 6.07) is 8.49. The van der Waals surface area contributed by atoms with E-state index in [1.165, 1.54) is 6.20 Å². The molecule has 1 heterocycles. The summed E-state index contributed by atoms with van der Waals surface area (Å²) < 4.78 is 37.6. The van der Waals surface area contributed by atoms with Crippen LogP contribution in [0.3, 0.4) is 0 Å². The second-order valence-electron chi connectivity index (χ2n) is 4.45. The van der Waals surface area contributed by atoms with Crippen LogP contribution in [-0.2, 0) is 0 Å². The fourth-order valence-corrected chi connectivity index (χ4v) is 2.03. The van der Waals surface area contributed by atoms with Crippen molar-refractivity contribution in [3.05, 3.63) is 42.2 Å². The van der Waals surface area contributed by atoms with Gasteiger partial charge in [-0.15, -0.1) is 0 Å². The van der Waals surface area contributed by atoms with E-state index in [0.29, 0.717) is 15.7 Å². The van der Waals surface area contributed by atoms with Crippen LogP contribution in [-0.4, -0.2) is 46.8 Å². The smallest absolute Gasteiger partial charge is 0.395 e. The van der Waals surface area contributed by atoms with Crippen molar-refractivity contribution >= 4 is 16.7 Å². The summed E-state index contributed by atoms with van der Waals surface area (Å²) in [6.45, 7) is -2.37. The Morgan fingerprint density at radius 1 is 1.24 bits per heavy atom. The van der Waals surface area contributed by atoms with E-state index in [4.69, 9.17) is 5.11 Å². The molecule has 2 aromatic rings. The lowest BCUT2D eigenvalue weighted by molar-refractivity contribution is -0.141. The molecule has 2 rings (SSSR count). The predicted octanol–water partition coefficient (Wildman–Crippen LogP) is 2.23. The maximum atomic E-state index is 12.5. The van der Waals surface area contributed by atoms with Crippen LogP contribution in [0.4, 0.5) is 13.2 Å². The number of rotatable bonds is 4. The van der Waals surface area contributed by atoms with Gasteiger partial charge in [-0.2, -0.15) is 13.2 Å². The number of carbonyl (C=O) groups excluding carboxylic acids is 1. The van der Waals surface area contributed by atoms with Gasteiger partial charge in [0.15, 0.2) is 0 Å². The molecular formula is C14H13F3N2O2. The van der Waals surface area contributed by atoms with Gasteiger partial charge in [0.1, 0.15) is 12.2 Å². The minimum Gasteiger partial charge on any atom is -0.395 e. The number of hydrogen-bond donors (Lipinski definition) is 1. The highest BCUT2D eigenvalue weighted by Crippen LogP contribution is 2.21. The molecule has 1 N–H and O–H groups in total. The van der Waals surface area contributed by atoms with Crippen LogP contribution in [0.25, 0.3) is 10.8 Å². The summed E-state index contributed by atoms with van der Waals surface area (Å²) >= 11 is 0. The SMILES string of the molecule is O=C(c1nccc2ccccc12)N(CCO)CC(F)(F)F. The Morgan fingerprint density at radius 3 is 2.62 bits per heavy atom. The molecule has 1 aromatic heterocycles. The van der Waals surface area contributed by atoms with Gasteiger partial charge in [0, 0.05) is 18.1 Å². The van der Waals surface area contributed by atoms with Gasteiger partial charge in [-0.25, -0.2) is 0 Å². The molecule has 0 radical (unpaired) electrons. The second kappa shape index (κ2) is 6.09. The number of halogens is 3. The fraction of sp³-hybridized carbons (Fsp3) is 0.286. The monoisotopic (exact) mass is 298 g/mol. The van der Waals surface area contributed by atoms with Crippen molar-refractivity contribution in [3.63, 3.8) is 0 Å². The Morgan fingerprint density at radius 2 is 1.95 bits per heavy atom. The number of benzene rings is 1. The van der Waals surface area contributed by atoms with Crippen LogP contribution in [0.1, 0.15) is 10.5 Å². The zero-order valence-electron chi connectivity index (χ0n) is 11.0. The average molecular weight is 298 g/mol. The van der Waals surface area contributed by atoms with Crippen molar-refractivity contribution in [2.45, 2.75) is 6.18 Å². The first-order valence-corrected chi connectivity index (χ1v) is 6.23. The van der Waals surface area contributed by atoms with E-state index in [9.17, 15) is 18.0 Å². The zero-order valence-corrected chi connectivity index (χ0v) is 11.0. The van der Waals surface area contributed by atoms with Crippen LogP contribution in [0, 0.1) is 0 Å². The van der Waals surface area contributed by atoms with Crippen molar-refractivity contribution in [1.82, 2.24) is 9.88 Å². The highest BCUT2D eigenvalue weighted by molar-refractivity contribution is 6.05. The zero-order chi connectivity index (χ0) is 15.5. The number of aromatic nitrogens is 1. The topological polar surface area (TPSA) is 53.4 Å². The first-order valence-electron chi connectivity index (χ1n) is 6.23. The highest BCUT2D eigenvalue weighted by Gasteiger charge is 2.33. The van der Waals surface area contributed by atoms with Crippen molar-refractivity contribution in [3.8, 4) is 0 Å². The van der Waals surface area contributed by atoms with Gasteiger partial charge in [-0.05, 0) is 11.5 Å². The summed E-state index contributed by atoms with van der Waals surface area (Å²) in [7, 11) is 0. The first-order chi connectivity index (χ1) is 9.92. The van der Waals surface area contributed by atoms with E-state index in [-0.39, 0.29) is 5.69 Å². The molecule has 0 saturated carbocycles. The third-order valence-corrected chi connectivity index (χ3v) is 2.90. The summed E-state index contributed by atoms with van der Waals surface area (Å²) in [4.78, 5) is 16.7. The number of pyridine rings is 1. The molecule has 112 valence electrons. The normalized spacial score (nSPS) is 11.6. The quantitative estimate of drug-likeness (QED) is 0.941. The lowest BCUT2D eigenvalue weighted by Gasteiger charge is -2.23. The molecule has 1 aromatic carbocycles. The van der Waals surface area contributed by atoms with E-state index in [0.717, 1.165) is 0 Å². The van der Waals surface area contributed by atoms with Gasteiger partial charge in [-0.1, -0.05) is 24.3 Å². The number of hydrogen-bond acceptors (Lipinski definition) is 3. The van der Waals surface area contributed by atoms with Gasteiger partial charge >= 0.3 is 6.18 Å². The highest BCUT2D eigenvalue weighted by atomic mass is 19.4. The van der Waals surface area contributed by atoms with Gasteiger partial charge in [0.2, 0.25) is 0 Å². The molecule has 0 aliphatic heterocycles. The Balaban J connectivity index is 2.39. The molecule has 0 spiro atoms. The summed E-state index contributed by atoms with van der Waals surface area (Å²) in [5, 5.41) is 10.1. The molecule has 7 heteroatoms. The standard InChI is InChI=1S/C14H13F3N2O2/c15-14(16,17)9-19(7-8-20)13(21)12-11-4-2-1-3-10(11)5-6-18-12/h1-6,20H,7-9H2. The number of fused-ring (bicyclic) bond motifs is 1. The maximum absolute atomic E-state index is 12.5. The van der Waals surface area contributed by atoms with Crippen LogP contribution in [0.15, 0.2) is 36.5 Å². The molecule has 4 nitrogen and oxygen atoms in total. The lowest BCUT2D eigenvalue weighted by atomic mass is 10.1. The first kappa shape index (κ1) is 15.2. The molecule has 0 aliphatic rings. The van der Waals surface area contributed by atoms with E-state index >= 15 is 0 Å². The van der Waals surface area contributed by atoms with Crippen LogP contribution >= 0.6 is 0 Å². The van der Waals surface area contributed by atoms with Crippen molar-refractivity contribution in [1.29, 1.82) is 0 Å². The van der Waals surface area contributed by atoms with Crippen molar-refractivity contribution in [2.75, 3.05) is 19.7 Å². The molecule has 0 saturated heterocycles. The van der Waals surface area contributed by atoms with Crippen LogP contribution < -0.4 is 0 Å². The maximum Gasteiger partial charge on any atom is 0.406 e. The van der Waals surface area contributed by atoms with Gasteiger partial charge < -0.3 is 10.0 Å². The molecule has 21 heavy (non-hydrogen) atoms. The third kappa shape index (κ3) is 3.69. The number of aliphatic hydroxyl groups is 1. The molecule has 0 aliphatic carbocycles. The Kier molecular flexibility index (Phi) is 4.42. The second-order valence-corrected chi connectivity index (χ2v) is 4.45. The number of aliphatic hydroxyl groups excluding tert-OH is 1. The molecule has 0 unspecified atom stereocenters. The van der Waals surface area contributed by atoms with E-state index < -0.39 is 31.8 Å². The fourth-order valence-electron chi connectivity index (χ4n) is 2.03. The minimum atomic E-state index is -4.53. The molecule has 0 atom stereocenters. The van der Waals surface area contributed by atoms with Crippen LogP contribution in [0.5, 0.6) is 0 Å². The van der Waals surface area contributed by atoms with Gasteiger partial charge in [0.25, 0.3) is 5.91 Å². The molecule has 1 amide bonds. The van der Waals surface area contributed by atoms with Crippen molar-refractivity contribution < 1.29 is 23.1 Å². The molecule has 0 bridgehead atoms. The Hall–Kier alpha value is -2.15. The molecule has 0 fully saturated rings. The van der Waals surface area contributed by atoms with Crippen molar-refractivity contribution in [2.24, 2.45) is 0 Å². The van der Waals surface area contributed by atoms with E-state index in [1.807, 2.05) is 0 Å². The number of alkyl halides is 3. The minimum absolute atomic E-state index is 0.0502. The predicted molar refractivity (Wildman–Crippen MR) is 70.8 cm³/mol. The number of nitrogens with zero attached hydrogens (tertiary/aromatic N) is 2. The average Bonchev–Trinajstić information content (AvgIpc) is 2.44. The van der Waals surface area contributed by atoms with Gasteiger partial charge in [-0.3, -0.25) is 9.78 Å². The number of amides is 1. The number of carbonyl (C=O) groups is 1. The van der Waals surface area contributed by atoms with Crippen LogP contribution in [0.2, 0.25) is 0 Å². The summed E-state index contributed by atoms with van der Waals surface area (Å²) in [6.07, 6.45) is -3.16.